The third-order valence-corrected chi connectivity index (χ3v) is 3.45. The smallest absolute Gasteiger partial charge is 0.234 e. The van der Waals surface area contributed by atoms with Gasteiger partial charge in [0.1, 0.15) is 5.75 Å². The van der Waals surface area contributed by atoms with Gasteiger partial charge in [-0.3, -0.25) is 4.79 Å². The van der Waals surface area contributed by atoms with Crippen molar-refractivity contribution in [3.63, 3.8) is 0 Å². The summed E-state index contributed by atoms with van der Waals surface area (Å²) >= 11 is 5.83. The molecule has 2 aromatic rings. The quantitative estimate of drug-likeness (QED) is 0.825. The molecular formula is C17H19ClN2O2. The van der Waals surface area contributed by atoms with Gasteiger partial charge < -0.3 is 15.4 Å². The van der Waals surface area contributed by atoms with Crippen molar-refractivity contribution in [2.24, 2.45) is 0 Å². The molecule has 0 aromatic heterocycles. The number of carbonyl (C=O) groups excluding carboxylic acids is 1. The predicted molar refractivity (Wildman–Crippen MR) is 88.0 cm³/mol. The summed E-state index contributed by atoms with van der Waals surface area (Å²) in [6.45, 7) is 1.34. The van der Waals surface area contributed by atoms with Gasteiger partial charge in [-0.15, -0.1) is 0 Å². The number of halogens is 1. The summed E-state index contributed by atoms with van der Waals surface area (Å²) in [5, 5.41) is 6.67. The zero-order valence-electron chi connectivity index (χ0n) is 12.4. The molecule has 116 valence electrons. The molecule has 0 spiro atoms. The number of methoxy groups -OCH3 is 1. The Balaban J connectivity index is 1.73. The second kappa shape index (κ2) is 8.41. The molecule has 0 saturated carbocycles. The summed E-state index contributed by atoms with van der Waals surface area (Å²) in [5.41, 5.74) is 2.04. The van der Waals surface area contributed by atoms with Crippen LogP contribution in [0.5, 0.6) is 5.75 Å². The maximum absolute atomic E-state index is 11.8. The summed E-state index contributed by atoms with van der Waals surface area (Å²) in [6.07, 6.45) is 0. The molecule has 4 nitrogen and oxygen atoms in total. The Bertz CT molecular complexity index is 614. The summed E-state index contributed by atoms with van der Waals surface area (Å²) in [6, 6.07) is 15.2. The molecule has 0 aliphatic rings. The molecule has 0 unspecified atom stereocenters. The number of amides is 1. The van der Waals surface area contributed by atoms with E-state index in [9.17, 15) is 4.79 Å². The zero-order valence-corrected chi connectivity index (χ0v) is 13.2. The molecule has 2 aromatic carbocycles. The van der Waals surface area contributed by atoms with Gasteiger partial charge in [0.15, 0.2) is 0 Å². The maximum atomic E-state index is 11.8. The number of hydrogen-bond acceptors (Lipinski definition) is 3. The Hall–Kier alpha value is -2.04. The largest absolute Gasteiger partial charge is 0.496 e. The molecule has 22 heavy (non-hydrogen) atoms. The van der Waals surface area contributed by atoms with E-state index >= 15 is 0 Å². The lowest BCUT2D eigenvalue weighted by atomic mass is 10.2. The van der Waals surface area contributed by atoms with Crippen molar-refractivity contribution in [1.29, 1.82) is 0 Å². The van der Waals surface area contributed by atoms with E-state index in [0.29, 0.717) is 18.1 Å². The zero-order chi connectivity index (χ0) is 15.8. The standard InChI is InChI=1S/C17H19ClN2O2/c1-22-16-5-3-2-4-14(16)11-20-17(21)12-19-10-13-6-8-15(18)9-7-13/h2-9,19H,10-12H2,1H3,(H,20,21). The first-order chi connectivity index (χ1) is 10.7. The minimum atomic E-state index is -0.0557. The number of ether oxygens (including phenoxy) is 1. The minimum absolute atomic E-state index is 0.0557. The first kappa shape index (κ1) is 16.3. The average Bonchev–Trinajstić information content (AvgIpc) is 2.55. The Labute approximate surface area is 135 Å². The highest BCUT2D eigenvalue weighted by Gasteiger charge is 2.04. The highest BCUT2D eigenvalue weighted by atomic mass is 35.5. The van der Waals surface area contributed by atoms with Gasteiger partial charge in [0, 0.05) is 23.7 Å². The lowest BCUT2D eigenvalue weighted by Gasteiger charge is -2.10. The van der Waals surface area contributed by atoms with Crippen LogP contribution < -0.4 is 15.4 Å². The third-order valence-electron chi connectivity index (χ3n) is 3.20. The lowest BCUT2D eigenvalue weighted by Crippen LogP contribution is -2.33. The number of benzene rings is 2. The van der Waals surface area contributed by atoms with Crippen molar-refractivity contribution < 1.29 is 9.53 Å². The molecular weight excluding hydrogens is 300 g/mol. The number of hydrogen-bond donors (Lipinski definition) is 2. The lowest BCUT2D eigenvalue weighted by molar-refractivity contribution is -0.120. The Kier molecular flexibility index (Phi) is 6.25. The van der Waals surface area contributed by atoms with Crippen LogP contribution in [0.3, 0.4) is 0 Å². The fourth-order valence-corrected chi connectivity index (χ4v) is 2.15. The van der Waals surface area contributed by atoms with Crippen LogP contribution in [0.4, 0.5) is 0 Å². The van der Waals surface area contributed by atoms with Crippen LogP contribution in [-0.4, -0.2) is 19.6 Å². The van der Waals surface area contributed by atoms with Gasteiger partial charge in [-0.1, -0.05) is 41.9 Å². The predicted octanol–water partition coefficient (Wildman–Crippen LogP) is 2.75. The van der Waals surface area contributed by atoms with E-state index in [1.165, 1.54) is 0 Å². The van der Waals surface area contributed by atoms with E-state index in [0.717, 1.165) is 16.9 Å². The summed E-state index contributed by atoms with van der Waals surface area (Å²) < 4.78 is 5.25. The van der Waals surface area contributed by atoms with Crippen molar-refractivity contribution >= 4 is 17.5 Å². The molecule has 2 N–H and O–H groups in total. The van der Waals surface area contributed by atoms with E-state index in [2.05, 4.69) is 10.6 Å². The van der Waals surface area contributed by atoms with Crippen molar-refractivity contribution in [3.05, 3.63) is 64.7 Å². The van der Waals surface area contributed by atoms with E-state index in [-0.39, 0.29) is 12.5 Å². The topological polar surface area (TPSA) is 50.4 Å². The minimum Gasteiger partial charge on any atom is -0.496 e. The molecule has 5 heteroatoms. The van der Waals surface area contributed by atoms with Crippen molar-refractivity contribution in [3.8, 4) is 5.75 Å². The van der Waals surface area contributed by atoms with E-state index < -0.39 is 0 Å². The molecule has 0 atom stereocenters. The van der Waals surface area contributed by atoms with Crippen molar-refractivity contribution in [1.82, 2.24) is 10.6 Å². The van der Waals surface area contributed by atoms with E-state index in [4.69, 9.17) is 16.3 Å². The Morgan fingerprint density at radius 3 is 2.55 bits per heavy atom. The number of nitrogens with one attached hydrogen (secondary N) is 2. The van der Waals surface area contributed by atoms with Crippen molar-refractivity contribution in [2.75, 3.05) is 13.7 Å². The Morgan fingerprint density at radius 1 is 1.09 bits per heavy atom. The number of rotatable bonds is 7. The van der Waals surface area contributed by atoms with Gasteiger partial charge in [-0.05, 0) is 23.8 Å². The van der Waals surface area contributed by atoms with Gasteiger partial charge >= 0.3 is 0 Å². The normalized spacial score (nSPS) is 10.3. The molecule has 0 saturated heterocycles. The fourth-order valence-electron chi connectivity index (χ4n) is 2.03. The van der Waals surface area contributed by atoms with Crippen LogP contribution in [-0.2, 0) is 17.9 Å². The maximum Gasteiger partial charge on any atom is 0.234 e. The van der Waals surface area contributed by atoms with Crippen LogP contribution in [0.15, 0.2) is 48.5 Å². The molecule has 0 aliphatic heterocycles. The first-order valence-electron chi connectivity index (χ1n) is 7.03. The van der Waals surface area contributed by atoms with Gasteiger partial charge in [-0.2, -0.15) is 0 Å². The second-order valence-electron chi connectivity index (χ2n) is 4.82. The van der Waals surface area contributed by atoms with Crippen LogP contribution in [0.2, 0.25) is 5.02 Å². The third kappa shape index (κ3) is 5.06. The second-order valence-corrected chi connectivity index (χ2v) is 5.26. The first-order valence-corrected chi connectivity index (χ1v) is 7.40. The van der Waals surface area contributed by atoms with Gasteiger partial charge in [-0.25, -0.2) is 0 Å². The summed E-state index contributed by atoms with van der Waals surface area (Å²) in [4.78, 5) is 11.8. The molecule has 0 bridgehead atoms. The molecule has 0 aliphatic carbocycles. The van der Waals surface area contributed by atoms with Gasteiger partial charge in [0.05, 0.1) is 13.7 Å². The van der Waals surface area contributed by atoms with Gasteiger partial charge in [0.2, 0.25) is 5.91 Å². The molecule has 0 heterocycles. The van der Waals surface area contributed by atoms with E-state index in [1.807, 2.05) is 48.5 Å². The Morgan fingerprint density at radius 2 is 1.82 bits per heavy atom. The summed E-state index contributed by atoms with van der Waals surface area (Å²) in [7, 11) is 1.62. The average molecular weight is 319 g/mol. The molecule has 2 rings (SSSR count). The number of para-hydroxylation sites is 1. The SMILES string of the molecule is COc1ccccc1CNC(=O)CNCc1ccc(Cl)cc1. The molecule has 0 radical (unpaired) electrons. The van der Waals surface area contributed by atoms with Crippen LogP contribution in [0, 0.1) is 0 Å². The van der Waals surface area contributed by atoms with Gasteiger partial charge in [0.25, 0.3) is 0 Å². The fraction of sp³-hybridized carbons (Fsp3) is 0.235. The highest BCUT2D eigenvalue weighted by molar-refractivity contribution is 6.30. The molecule has 1 amide bonds. The monoisotopic (exact) mass is 318 g/mol. The van der Waals surface area contributed by atoms with Crippen LogP contribution in [0.25, 0.3) is 0 Å². The van der Waals surface area contributed by atoms with Crippen molar-refractivity contribution in [2.45, 2.75) is 13.1 Å². The number of carbonyl (C=O) groups is 1. The summed E-state index contributed by atoms with van der Waals surface area (Å²) in [5.74, 6) is 0.719. The highest BCUT2D eigenvalue weighted by Crippen LogP contribution is 2.16. The van der Waals surface area contributed by atoms with Crippen LogP contribution in [0.1, 0.15) is 11.1 Å². The molecule has 0 fully saturated rings. The van der Waals surface area contributed by atoms with E-state index in [1.54, 1.807) is 7.11 Å². The van der Waals surface area contributed by atoms with Crippen LogP contribution >= 0.6 is 11.6 Å².